The van der Waals surface area contributed by atoms with Crippen molar-refractivity contribution in [2.75, 3.05) is 20.8 Å². The quantitative estimate of drug-likeness (QED) is 0.829. The van der Waals surface area contributed by atoms with Gasteiger partial charge >= 0.3 is 0 Å². The van der Waals surface area contributed by atoms with Crippen molar-refractivity contribution in [2.45, 2.75) is 52.2 Å². The predicted octanol–water partition coefficient (Wildman–Crippen LogP) is 3.78. The largest absolute Gasteiger partial charge is 0.496 e. The van der Waals surface area contributed by atoms with Crippen molar-refractivity contribution >= 4 is 0 Å². The van der Waals surface area contributed by atoms with E-state index < -0.39 is 0 Å². The number of ether oxygens (including phenoxy) is 2. The van der Waals surface area contributed by atoms with Crippen molar-refractivity contribution in [1.29, 1.82) is 0 Å². The molecule has 0 spiro atoms. The van der Waals surface area contributed by atoms with Gasteiger partial charge in [0.05, 0.1) is 13.2 Å². The van der Waals surface area contributed by atoms with Crippen molar-refractivity contribution < 1.29 is 9.47 Å². The van der Waals surface area contributed by atoms with Crippen LogP contribution in [0.2, 0.25) is 0 Å². The second-order valence-electron chi connectivity index (χ2n) is 6.18. The molecule has 1 atom stereocenters. The average Bonchev–Trinajstić information content (AvgIpc) is 2.41. The molecule has 0 aromatic heterocycles. The summed E-state index contributed by atoms with van der Waals surface area (Å²) in [5.74, 6) is 1.79. The van der Waals surface area contributed by atoms with Gasteiger partial charge in [-0.3, -0.25) is 0 Å². The summed E-state index contributed by atoms with van der Waals surface area (Å²) in [4.78, 5) is 0. The van der Waals surface area contributed by atoms with Gasteiger partial charge < -0.3 is 14.8 Å². The molecule has 1 saturated carbocycles. The SMILES string of the molecule is CCOC1CC(CC(NC)c2cc(C)c(OC)c(C)c2)C1. The fraction of sp³-hybridized carbons (Fsp3) is 0.667. The minimum atomic E-state index is 0.417. The fourth-order valence-electron chi connectivity index (χ4n) is 3.50. The lowest BCUT2D eigenvalue weighted by Gasteiger charge is -2.37. The molecule has 2 rings (SSSR count). The van der Waals surface area contributed by atoms with Crippen molar-refractivity contribution in [1.82, 2.24) is 5.32 Å². The van der Waals surface area contributed by atoms with Crippen LogP contribution in [0.3, 0.4) is 0 Å². The third-order valence-corrected chi connectivity index (χ3v) is 4.60. The van der Waals surface area contributed by atoms with E-state index >= 15 is 0 Å². The van der Waals surface area contributed by atoms with Crippen LogP contribution in [0, 0.1) is 19.8 Å². The summed E-state index contributed by atoms with van der Waals surface area (Å²) in [5.41, 5.74) is 3.80. The summed E-state index contributed by atoms with van der Waals surface area (Å²) >= 11 is 0. The maximum Gasteiger partial charge on any atom is 0.124 e. The van der Waals surface area contributed by atoms with Gasteiger partial charge in [0.2, 0.25) is 0 Å². The van der Waals surface area contributed by atoms with Gasteiger partial charge in [-0.05, 0) is 69.7 Å². The van der Waals surface area contributed by atoms with E-state index in [1.807, 2.05) is 0 Å². The molecule has 1 N–H and O–H groups in total. The predicted molar refractivity (Wildman–Crippen MR) is 87.0 cm³/mol. The van der Waals surface area contributed by atoms with Crippen LogP contribution in [0.5, 0.6) is 5.75 Å². The summed E-state index contributed by atoms with van der Waals surface area (Å²) in [7, 11) is 3.80. The van der Waals surface area contributed by atoms with Gasteiger partial charge in [0, 0.05) is 12.6 Å². The number of hydrogen-bond donors (Lipinski definition) is 1. The Morgan fingerprint density at radius 1 is 1.24 bits per heavy atom. The maximum atomic E-state index is 5.66. The lowest BCUT2D eigenvalue weighted by Crippen LogP contribution is -2.34. The van der Waals surface area contributed by atoms with Crippen molar-refractivity contribution in [3.63, 3.8) is 0 Å². The molecule has 1 fully saturated rings. The van der Waals surface area contributed by atoms with Gasteiger partial charge in [0.25, 0.3) is 0 Å². The van der Waals surface area contributed by atoms with Gasteiger partial charge in [-0.15, -0.1) is 0 Å². The summed E-state index contributed by atoms with van der Waals surface area (Å²) < 4.78 is 11.1. The van der Waals surface area contributed by atoms with Gasteiger partial charge in [0.15, 0.2) is 0 Å². The van der Waals surface area contributed by atoms with Crippen LogP contribution in [0.4, 0.5) is 0 Å². The van der Waals surface area contributed by atoms with Crippen molar-refractivity contribution in [3.8, 4) is 5.75 Å². The third-order valence-electron chi connectivity index (χ3n) is 4.60. The molecule has 118 valence electrons. The zero-order chi connectivity index (χ0) is 15.4. The minimum Gasteiger partial charge on any atom is -0.496 e. The number of methoxy groups -OCH3 is 1. The van der Waals surface area contributed by atoms with Gasteiger partial charge in [-0.25, -0.2) is 0 Å². The van der Waals surface area contributed by atoms with E-state index in [9.17, 15) is 0 Å². The Morgan fingerprint density at radius 3 is 2.33 bits per heavy atom. The average molecular weight is 291 g/mol. The number of nitrogens with one attached hydrogen (secondary N) is 1. The number of benzene rings is 1. The summed E-state index contributed by atoms with van der Waals surface area (Å²) in [5, 5.41) is 3.47. The molecule has 3 heteroatoms. The summed E-state index contributed by atoms with van der Waals surface area (Å²) in [6.07, 6.45) is 4.10. The van der Waals surface area contributed by atoms with E-state index in [2.05, 4.69) is 45.3 Å². The summed E-state index contributed by atoms with van der Waals surface area (Å²) in [6.45, 7) is 7.16. The van der Waals surface area contributed by atoms with Gasteiger partial charge in [0.1, 0.15) is 5.75 Å². The number of hydrogen-bond acceptors (Lipinski definition) is 3. The van der Waals surface area contributed by atoms with E-state index in [4.69, 9.17) is 9.47 Å². The zero-order valence-electron chi connectivity index (χ0n) is 14.0. The molecule has 0 heterocycles. The topological polar surface area (TPSA) is 30.5 Å². The molecule has 1 aliphatic carbocycles. The van der Waals surface area contributed by atoms with Gasteiger partial charge in [-0.1, -0.05) is 12.1 Å². The van der Waals surface area contributed by atoms with Crippen LogP contribution < -0.4 is 10.1 Å². The Balaban J connectivity index is 2.02. The molecule has 1 aliphatic rings. The zero-order valence-corrected chi connectivity index (χ0v) is 14.0. The normalized spacial score (nSPS) is 22.7. The van der Waals surface area contributed by atoms with Crippen LogP contribution in [0.1, 0.15) is 48.9 Å². The Morgan fingerprint density at radius 2 is 1.86 bits per heavy atom. The van der Waals surface area contributed by atoms with Crippen LogP contribution in [0.15, 0.2) is 12.1 Å². The lowest BCUT2D eigenvalue weighted by molar-refractivity contribution is -0.0289. The molecule has 0 amide bonds. The first kappa shape index (κ1) is 16.3. The maximum absolute atomic E-state index is 5.66. The van der Waals surface area contributed by atoms with Crippen LogP contribution in [-0.2, 0) is 4.74 Å². The summed E-state index contributed by atoms with van der Waals surface area (Å²) in [6, 6.07) is 4.93. The van der Waals surface area contributed by atoms with Crippen molar-refractivity contribution in [2.24, 2.45) is 5.92 Å². The highest BCUT2D eigenvalue weighted by Crippen LogP contribution is 2.38. The highest BCUT2D eigenvalue weighted by molar-refractivity contribution is 5.44. The molecule has 1 unspecified atom stereocenters. The Bertz CT molecular complexity index is 443. The Hall–Kier alpha value is -1.06. The van der Waals surface area contributed by atoms with E-state index in [0.29, 0.717) is 12.1 Å². The molecule has 0 radical (unpaired) electrons. The molecule has 0 bridgehead atoms. The fourth-order valence-corrected chi connectivity index (χ4v) is 3.50. The molecular formula is C18H29NO2. The molecule has 1 aromatic rings. The van der Waals surface area contributed by atoms with Crippen molar-refractivity contribution in [3.05, 3.63) is 28.8 Å². The first-order chi connectivity index (χ1) is 10.1. The van der Waals surface area contributed by atoms with E-state index in [0.717, 1.165) is 18.3 Å². The monoisotopic (exact) mass is 291 g/mol. The Kier molecular flexibility index (Phi) is 5.65. The molecule has 1 aromatic carbocycles. The van der Waals surface area contributed by atoms with Crippen LogP contribution >= 0.6 is 0 Å². The number of rotatable bonds is 7. The van der Waals surface area contributed by atoms with Crippen LogP contribution in [0.25, 0.3) is 0 Å². The lowest BCUT2D eigenvalue weighted by atomic mass is 9.77. The first-order valence-electron chi connectivity index (χ1n) is 8.03. The van der Waals surface area contributed by atoms with E-state index in [-0.39, 0.29) is 0 Å². The molecule has 3 nitrogen and oxygen atoms in total. The molecule has 0 saturated heterocycles. The smallest absolute Gasteiger partial charge is 0.124 e. The van der Waals surface area contributed by atoms with E-state index in [1.165, 1.54) is 36.0 Å². The third kappa shape index (κ3) is 3.78. The molecule has 0 aliphatic heterocycles. The highest BCUT2D eigenvalue weighted by atomic mass is 16.5. The number of aryl methyl sites for hydroxylation is 2. The minimum absolute atomic E-state index is 0.417. The van der Waals surface area contributed by atoms with E-state index in [1.54, 1.807) is 7.11 Å². The first-order valence-corrected chi connectivity index (χ1v) is 8.03. The standard InChI is InChI=1S/C18H29NO2/c1-6-21-16-9-14(10-16)11-17(19-4)15-7-12(2)18(20-5)13(3)8-15/h7-8,14,16-17,19H,6,9-11H2,1-5H3. The van der Waals surface area contributed by atoms with Crippen LogP contribution in [-0.4, -0.2) is 26.9 Å². The highest BCUT2D eigenvalue weighted by Gasteiger charge is 2.31. The second kappa shape index (κ2) is 7.28. The molecular weight excluding hydrogens is 262 g/mol. The Labute approximate surface area is 129 Å². The molecule has 21 heavy (non-hydrogen) atoms. The second-order valence-corrected chi connectivity index (χ2v) is 6.18. The van der Waals surface area contributed by atoms with Gasteiger partial charge in [-0.2, -0.15) is 0 Å².